The number of rotatable bonds is 6. The van der Waals surface area contributed by atoms with Crippen molar-refractivity contribution >= 4 is 9.84 Å². The number of hydrogen-bond acceptors (Lipinski definition) is 5. The van der Waals surface area contributed by atoms with Gasteiger partial charge in [-0.25, -0.2) is 12.8 Å². The molecular formula is C19H26FN3O3S. The van der Waals surface area contributed by atoms with Crippen LogP contribution in [0.5, 0.6) is 5.75 Å². The number of nitrogens with zero attached hydrogens (tertiary/aromatic N) is 3. The van der Waals surface area contributed by atoms with Crippen LogP contribution in [-0.2, 0) is 22.9 Å². The van der Waals surface area contributed by atoms with Crippen molar-refractivity contribution in [1.82, 2.24) is 14.7 Å². The van der Waals surface area contributed by atoms with Gasteiger partial charge in [0.15, 0.2) is 21.4 Å². The summed E-state index contributed by atoms with van der Waals surface area (Å²) in [6, 6.07) is 4.89. The molecule has 6 nitrogen and oxygen atoms in total. The standard InChI is InChI=1S/C19H26FN3O3S/c1-13-17(14(2)23(21-13)16-7-8-27(24,25)12-16)11-22(3)10-15-5-6-19(26-4)18(20)9-15/h5-6,9,16H,7-8,10-12H2,1-4H3/t16-/m1/s1. The van der Waals surface area contributed by atoms with Gasteiger partial charge in [0.25, 0.3) is 0 Å². The first-order valence-corrected chi connectivity index (χ1v) is 10.8. The molecule has 1 aliphatic heterocycles. The summed E-state index contributed by atoms with van der Waals surface area (Å²) in [4.78, 5) is 2.09. The van der Waals surface area contributed by atoms with Gasteiger partial charge in [0, 0.05) is 24.3 Å². The Balaban J connectivity index is 1.73. The Morgan fingerprint density at radius 1 is 1.33 bits per heavy atom. The summed E-state index contributed by atoms with van der Waals surface area (Å²) in [5.74, 6) is 0.260. The van der Waals surface area contributed by atoms with E-state index < -0.39 is 9.84 Å². The van der Waals surface area contributed by atoms with E-state index in [1.807, 2.05) is 31.6 Å². The zero-order valence-electron chi connectivity index (χ0n) is 16.2. The molecule has 148 valence electrons. The van der Waals surface area contributed by atoms with Gasteiger partial charge in [-0.15, -0.1) is 0 Å². The molecule has 0 amide bonds. The molecule has 1 aromatic carbocycles. The number of halogens is 1. The second-order valence-electron chi connectivity index (χ2n) is 7.29. The van der Waals surface area contributed by atoms with Crippen LogP contribution in [0.4, 0.5) is 4.39 Å². The van der Waals surface area contributed by atoms with Gasteiger partial charge < -0.3 is 4.74 Å². The Hall–Kier alpha value is -1.93. The molecule has 0 unspecified atom stereocenters. The number of sulfone groups is 1. The number of benzene rings is 1. The molecule has 1 fully saturated rings. The molecular weight excluding hydrogens is 369 g/mol. The van der Waals surface area contributed by atoms with E-state index in [0.717, 1.165) is 22.5 Å². The Kier molecular flexibility index (Phi) is 5.58. The maximum atomic E-state index is 13.9. The van der Waals surface area contributed by atoms with Crippen LogP contribution in [0.3, 0.4) is 0 Å². The first kappa shape index (κ1) is 19.8. The highest BCUT2D eigenvalue weighted by molar-refractivity contribution is 7.91. The van der Waals surface area contributed by atoms with Crippen LogP contribution in [0, 0.1) is 19.7 Å². The predicted molar refractivity (Wildman–Crippen MR) is 102 cm³/mol. The predicted octanol–water partition coefficient (Wildman–Crippen LogP) is 2.64. The summed E-state index contributed by atoms with van der Waals surface area (Å²) in [6.45, 7) is 5.18. The molecule has 1 aliphatic rings. The third-order valence-electron chi connectivity index (χ3n) is 5.13. The maximum absolute atomic E-state index is 13.9. The lowest BCUT2D eigenvalue weighted by atomic mass is 10.1. The fourth-order valence-corrected chi connectivity index (χ4v) is 5.39. The lowest BCUT2D eigenvalue weighted by Crippen LogP contribution is -2.19. The molecule has 0 radical (unpaired) electrons. The van der Waals surface area contributed by atoms with Gasteiger partial charge in [0.05, 0.1) is 30.4 Å². The van der Waals surface area contributed by atoms with E-state index in [4.69, 9.17) is 4.74 Å². The van der Waals surface area contributed by atoms with Crippen molar-refractivity contribution in [2.75, 3.05) is 25.7 Å². The van der Waals surface area contributed by atoms with Gasteiger partial charge in [-0.1, -0.05) is 6.07 Å². The van der Waals surface area contributed by atoms with Crippen molar-refractivity contribution in [3.8, 4) is 5.75 Å². The summed E-state index contributed by atoms with van der Waals surface area (Å²) in [5, 5.41) is 4.60. The second kappa shape index (κ2) is 7.59. The Labute approximate surface area is 159 Å². The topological polar surface area (TPSA) is 64.4 Å². The van der Waals surface area contributed by atoms with Crippen LogP contribution < -0.4 is 4.74 Å². The van der Waals surface area contributed by atoms with E-state index in [1.54, 1.807) is 6.07 Å². The van der Waals surface area contributed by atoms with E-state index in [1.165, 1.54) is 13.2 Å². The molecule has 1 aromatic heterocycles. The molecule has 3 rings (SSSR count). The van der Waals surface area contributed by atoms with Crippen LogP contribution in [0.1, 0.15) is 35.0 Å². The maximum Gasteiger partial charge on any atom is 0.165 e. The molecule has 0 N–H and O–H groups in total. The van der Waals surface area contributed by atoms with Gasteiger partial charge in [0.1, 0.15) is 0 Å². The minimum absolute atomic E-state index is 0.0801. The first-order chi connectivity index (χ1) is 12.7. The van der Waals surface area contributed by atoms with Crippen molar-refractivity contribution < 1.29 is 17.5 Å². The molecule has 0 spiro atoms. The van der Waals surface area contributed by atoms with Crippen molar-refractivity contribution in [2.24, 2.45) is 0 Å². The van der Waals surface area contributed by atoms with Gasteiger partial charge in [-0.3, -0.25) is 9.58 Å². The summed E-state index contributed by atoms with van der Waals surface area (Å²) < 4.78 is 44.3. The number of methoxy groups -OCH3 is 1. The summed E-state index contributed by atoms with van der Waals surface area (Å²) >= 11 is 0. The molecule has 0 aliphatic carbocycles. The van der Waals surface area contributed by atoms with Gasteiger partial charge >= 0.3 is 0 Å². The van der Waals surface area contributed by atoms with E-state index in [0.29, 0.717) is 19.5 Å². The average Bonchev–Trinajstić information content (AvgIpc) is 3.08. The van der Waals surface area contributed by atoms with E-state index in [9.17, 15) is 12.8 Å². The largest absolute Gasteiger partial charge is 0.494 e. The fraction of sp³-hybridized carbons (Fsp3) is 0.526. The van der Waals surface area contributed by atoms with Crippen molar-refractivity contribution in [3.05, 3.63) is 46.5 Å². The molecule has 0 bridgehead atoms. The SMILES string of the molecule is COc1ccc(CN(C)Cc2c(C)nn([C@@H]3CCS(=O)(=O)C3)c2C)cc1F. The normalized spacial score (nSPS) is 19.0. The highest BCUT2D eigenvalue weighted by Crippen LogP contribution is 2.27. The second-order valence-corrected chi connectivity index (χ2v) is 9.52. The van der Waals surface area contributed by atoms with Crippen LogP contribution in [0.2, 0.25) is 0 Å². The van der Waals surface area contributed by atoms with Gasteiger partial charge in [-0.05, 0) is 45.0 Å². The zero-order valence-corrected chi connectivity index (χ0v) is 17.0. The lowest BCUT2D eigenvalue weighted by Gasteiger charge is -2.18. The molecule has 8 heteroatoms. The Morgan fingerprint density at radius 2 is 2.07 bits per heavy atom. The zero-order chi connectivity index (χ0) is 19.8. The quantitative estimate of drug-likeness (QED) is 0.752. The summed E-state index contributed by atoms with van der Waals surface area (Å²) in [6.07, 6.45) is 0.616. The van der Waals surface area contributed by atoms with E-state index in [2.05, 4.69) is 10.00 Å². The third-order valence-corrected chi connectivity index (χ3v) is 6.88. The van der Waals surface area contributed by atoms with E-state index in [-0.39, 0.29) is 29.1 Å². The highest BCUT2D eigenvalue weighted by atomic mass is 32.2. The molecule has 1 atom stereocenters. The number of aromatic nitrogens is 2. The lowest BCUT2D eigenvalue weighted by molar-refractivity contribution is 0.316. The minimum atomic E-state index is -2.95. The van der Waals surface area contributed by atoms with Gasteiger partial charge in [0.2, 0.25) is 0 Å². The molecule has 2 heterocycles. The summed E-state index contributed by atoms with van der Waals surface area (Å²) in [7, 11) is 0.463. The van der Waals surface area contributed by atoms with Crippen LogP contribution in [0.15, 0.2) is 18.2 Å². The Morgan fingerprint density at radius 3 is 2.67 bits per heavy atom. The highest BCUT2D eigenvalue weighted by Gasteiger charge is 2.31. The average molecular weight is 396 g/mol. The molecule has 0 saturated carbocycles. The third kappa shape index (κ3) is 4.32. The molecule has 27 heavy (non-hydrogen) atoms. The van der Waals surface area contributed by atoms with Crippen LogP contribution in [-0.4, -0.2) is 48.8 Å². The first-order valence-electron chi connectivity index (χ1n) is 8.96. The van der Waals surface area contributed by atoms with Crippen LogP contribution in [0.25, 0.3) is 0 Å². The number of hydrogen-bond donors (Lipinski definition) is 0. The van der Waals surface area contributed by atoms with Crippen molar-refractivity contribution in [1.29, 1.82) is 0 Å². The smallest absolute Gasteiger partial charge is 0.165 e. The van der Waals surface area contributed by atoms with Crippen molar-refractivity contribution in [3.63, 3.8) is 0 Å². The van der Waals surface area contributed by atoms with Crippen molar-refractivity contribution in [2.45, 2.75) is 39.4 Å². The number of aryl methyl sites for hydroxylation is 1. The summed E-state index contributed by atoms with van der Waals surface area (Å²) in [5.41, 5.74) is 3.86. The van der Waals surface area contributed by atoms with E-state index >= 15 is 0 Å². The minimum Gasteiger partial charge on any atom is -0.494 e. The monoisotopic (exact) mass is 395 g/mol. The Bertz CT molecular complexity index is 940. The fourth-order valence-electron chi connectivity index (χ4n) is 3.70. The van der Waals surface area contributed by atoms with Gasteiger partial charge in [-0.2, -0.15) is 5.10 Å². The number of ether oxygens (including phenoxy) is 1. The molecule has 2 aromatic rings. The molecule has 1 saturated heterocycles. The van der Waals surface area contributed by atoms with Crippen LogP contribution >= 0.6 is 0 Å².